The SMILES string of the molecule is CN(C)S(=O)(=O)n1ccnc1-c1cc(C2=CCOCC2)cn2cc(COS(C)(C)C(C)(C)C)nc12. The molecule has 0 amide bonds. The highest BCUT2D eigenvalue weighted by Gasteiger charge is 2.29. The molecule has 0 fully saturated rings. The number of rotatable bonds is 7. The Morgan fingerprint density at radius 2 is 1.94 bits per heavy atom. The smallest absolute Gasteiger partial charge is 0.308 e. The van der Waals surface area contributed by atoms with Crippen LogP contribution in [0.25, 0.3) is 22.6 Å². The Bertz CT molecular complexity index is 1360. The molecule has 4 heterocycles. The topological polar surface area (TPSA) is 91.0 Å². The van der Waals surface area contributed by atoms with E-state index in [4.69, 9.17) is 13.9 Å². The van der Waals surface area contributed by atoms with Gasteiger partial charge in [-0.15, -0.1) is 10.3 Å². The molecule has 0 bridgehead atoms. The summed E-state index contributed by atoms with van der Waals surface area (Å²) in [7, 11) is -2.08. The van der Waals surface area contributed by atoms with Gasteiger partial charge in [0.15, 0.2) is 5.82 Å². The predicted octanol–water partition coefficient (Wildman–Crippen LogP) is 3.95. The maximum absolute atomic E-state index is 13.0. The number of hydrogen-bond acceptors (Lipinski definition) is 6. The highest BCUT2D eigenvalue weighted by atomic mass is 32.3. The molecule has 4 rings (SSSR count). The van der Waals surface area contributed by atoms with Crippen LogP contribution in [-0.2, 0) is 25.7 Å². The van der Waals surface area contributed by atoms with Crippen LogP contribution in [0.15, 0.2) is 36.9 Å². The van der Waals surface area contributed by atoms with Gasteiger partial charge in [0.05, 0.1) is 24.5 Å². The van der Waals surface area contributed by atoms with Gasteiger partial charge in [0.2, 0.25) is 0 Å². The van der Waals surface area contributed by atoms with Crippen LogP contribution in [-0.4, -0.2) is 75.6 Å². The normalized spacial score (nSPS) is 16.2. The van der Waals surface area contributed by atoms with Crippen LogP contribution >= 0.6 is 10.3 Å². The average Bonchev–Trinajstić information content (AvgIpc) is 3.44. The van der Waals surface area contributed by atoms with E-state index in [1.807, 2.05) is 22.9 Å². The summed E-state index contributed by atoms with van der Waals surface area (Å²) in [5, 5.41) is 0. The molecule has 1 aliphatic rings. The second kappa shape index (κ2) is 9.36. The largest absolute Gasteiger partial charge is 0.377 e. The van der Waals surface area contributed by atoms with Crippen LogP contribution in [0.5, 0.6) is 0 Å². The molecule has 0 N–H and O–H groups in total. The van der Waals surface area contributed by atoms with E-state index < -0.39 is 20.5 Å². The molecule has 0 saturated heterocycles. The van der Waals surface area contributed by atoms with E-state index in [-0.39, 0.29) is 4.75 Å². The van der Waals surface area contributed by atoms with E-state index in [1.165, 1.54) is 34.8 Å². The summed E-state index contributed by atoms with van der Waals surface area (Å²) < 4.78 is 42.2. The minimum Gasteiger partial charge on any atom is -0.377 e. The summed E-state index contributed by atoms with van der Waals surface area (Å²) in [4.78, 5) is 9.28. The molecule has 3 aromatic rings. The van der Waals surface area contributed by atoms with Gasteiger partial charge in [-0.1, -0.05) is 26.8 Å². The zero-order chi connectivity index (χ0) is 25.6. The highest BCUT2D eigenvalue weighted by molar-refractivity contribution is 8.29. The lowest BCUT2D eigenvalue weighted by molar-refractivity contribution is 0.161. The molecule has 3 aromatic heterocycles. The first-order chi connectivity index (χ1) is 16.3. The van der Waals surface area contributed by atoms with Crippen LogP contribution in [0.2, 0.25) is 0 Å². The zero-order valence-electron chi connectivity index (χ0n) is 21.5. The summed E-state index contributed by atoms with van der Waals surface area (Å²) in [5.74, 6) is 0.317. The molecular formula is C24H35N5O4S2. The Balaban J connectivity index is 1.85. The third-order valence-electron chi connectivity index (χ3n) is 6.47. The van der Waals surface area contributed by atoms with Crippen molar-refractivity contribution in [3.05, 3.63) is 48.2 Å². The van der Waals surface area contributed by atoms with Gasteiger partial charge < -0.3 is 13.3 Å². The summed E-state index contributed by atoms with van der Waals surface area (Å²) in [5.41, 5.74) is 4.18. The van der Waals surface area contributed by atoms with Gasteiger partial charge in [0.25, 0.3) is 0 Å². The maximum atomic E-state index is 13.0. The van der Waals surface area contributed by atoms with E-state index in [0.29, 0.717) is 36.9 Å². The number of ether oxygens (including phenoxy) is 1. The second-order valence-corrected chi connectivity index (χ2v) is 16.1. The third kappa shape index (κ3) is 5.05. The van der Waals surface area contributed by atoms with Crippen molar-refractivity contribution in [2.75, 3.05) is 39.8 Å². The monoisotopic (exact) mass is 521 g/mol. The Labute approximate surface area is 209 Å². The lowest BCUT2D eigenvalue weighted by Gasteiger charge is -2.43. The van der Waals surface area contributed by atoms with Gasteiger partial charge in [-0.05, 0) is 36.1 Å². The molecule has 0 aromatic carbocycles. The molecule has 0 aliphatic carbocycles. The van der Waals surface area contributed by atoms with E-state index in [0.717, 1.165) is 23.3 Å². The van der Waals surface area contributed by atoms with E-state index in [1.54, 1.807) is 0 Å². The van der Waals surface area contributed by atoms with Gasteiger partial charge in [0, 0.05) is 43.6 Å². The third-order valence-corrected chi connectivity index (χ3v) is 11.8. The Morgan fingerprint density at radius 3 is 2.57 bits per heavy atom. The zero-order valence-corrected chi connectivity index (χ0v) is 23.1. The maximum Gasteiger partial charge on any atom is 0.308 e. The van der Waals surface area contributed by atoms with Crippen molar-refractivity contribution in [1.82, 2.24) is 22.6 Å². The number of aromatic nitrogens is 4. The van der Waals surface area contributed by atoms with E-state index >= 15 is 0 Å². The summed E-state index contributed by atoms with van der Waals surface area (Å²) in [6.45, 7) is 8.13. The summed E-state index contributed by atoms with van der Waals surface area (Å²) >= 11 is 0. The minimum absolute atomic E-state index is 0.0330. The number of fused-ring (bicyclic) bond motifs is 1. The van der Waals surface area contributed by atoms with Crippen molar-refractivity contribution in [2.24, 2.45) is 0 Å². The van der Waals surface area contributed by atoms with Crippen molar-refractivity contribution in [3.8, 4) is 11.4 Å². The summed E-state index contributed by atoms with van der Waals surface area (Å²) in [6.07, 6.45) is 14.1. The number of imidazole rings is 2. The number of hydrogen-bond donors (Lipinski definition) is 0. The minimum atomic E-state index is -3.76. The van der Waals surface area contributed by atoms with E-state index in [9.17, 15) is 8.42 Å². The standard InChI is InChI=1S/C24H35N5O4S2/c1-24(2,3)34(6,7)33-17-20-16-28-15-19(18-8-12-32-13-9-18)14-21(23(28)26-20)22-25-10-11-29(22)35(30,31)27(4)5/h8,10-11,14-16H,9,12-13,17H2,1-7H3. The average molecular weight is 522 g/mol. The molecule has 0 saturated carbocycles. The Kier molecular flexibility index (Phi) is 6.93. The first-order valence-electron chi connectivity index (χ1n) is 11.4. The molecule has 192 valence electrons. The van der Waals surface area contributed by atoms with E-state index in [2.05, 4.69) is 44.3 Å². The highest BCUT2D eigenvalue weighted by Crippen LogP contribution is 2.54. The van der Waals surface area contributed by atoms with Crippen molar-refractivity contribution in [3.63, 3.8) is 0 Å². The van der Waals surface area contributed by atoms with Crippen LogP contribution in [0.4, 0.5) is 0 Å². The van der Waals surface area contributed by atoms with Gasteiger partial charge in [-0.2, -0.15) is 12.7 Å². The molecule has 0 atom stereocenters. The van der Waals surface area contributed by atoms with Crippen molar-refractivity contribution in [2.45, 2.75) is 38.5 Å². The number of pyridine rings is 1. The van der Waals surface area contributed by atoms with Gasteiger partial charge in [-0.3, -0.25) is 0 Å². The Hall–Kier alpha value is -2.18. The molecule has 0 unspecified atom stereocenters. The van der Waals surface area contributed by atoms with Crippen LogP contribution < -0.4 is 0 Å². The molecule has 11 heteroatoms. The van der Waals surface area contributed by atoms with Crippen LogP contribution in [0, 0.1) is 0 Å². The van der Waals surface area contributed by atoms with Gasteiger partial charge in [-0.25, -0.2) is 13.9 Å². The van der Waals surface area contributed by atoms with Gasteiger partial charge in [0.1, 0.15) is 12.3 Å². The molecule has 1 aliphatic heterocycles. The van der Waals surface area contributed by atoms with Gasteiger partial charge >= 0.3 is 10.2 Å². The fourth-order valence-corrected chi connectivity index (χ4v) is 5.27. The first kappa shape index (κ1) is 25.9. The van der Waals surface area contributed by atoms with Crippen LogP contribution in [0.1, 0.15) is 38.4 Å². The molecular weight excluding hydrogens is 486 g/mol. The lowest BCUT2D eigenvalue weighted by Crippen LogP contribution is -2.29. The molecule has 35 heavy (non-hydrogen) atoms. The summed E-state index contributed by atoms with van der Waals surface area (Å²) in [6, 6.07) is 1.97. The van der Waals surface area contributed by atoms with Crippen molar-refractivity contribution < 1.29 is 17.3 Å². The van der Waals surface area contributed by atoms with Crippen LogP contribution in [0.3, 0.4) is 0 Å². The fourth-order valence-electron chi connectivity index (χ4n) is 3.57. The fraction of sp³-hybridized carbons (Fsp3) is 0.500. The molecule has 9 nitrogen and oxygen atoms in total. The number of nitrogens with zero attached hydrogens (tertiary/aromatic N) is 5. The Morgan fingerprint density at radius 1 is 1.20 bits per heavy atom. The molecule has 0 radical (unpaired) electrons. The van der Waals surface area contributed by atoms with Crippen molar-refractivity contribution in [1.29, 1.82) is 0 Å². The second-order valence-electron chi connectivity index (χ2n) is 10.1. The molecule has 0 spiro atoms. The first-order valence-corrected chi connectivity index (χ1v) is 15.2. The quantitative estimate of drug-likeness (QED) is 0.468. The predicted molar refractivity (Wildman–Crippen MR) is 142 cm³/mol. The lowest BCUT2D eigenvalue weighted by atomic mass is 10.0. The van der Waals surface area contributed by atoms with Crippen molar-refractivity contribution >= 4 is 31.7 Å².